The van der Waals surface area contributed by atoms with Crippen LogP contribution < -0.4 is 10.8 Å². The fraction of sp³-hybridized carbons (Fsp3) is 0.316. The lowest BCUT2D eigenvalue weighted by Crippen LogP contribution is -2.16. The standard InChI is InChI=1S/C19H22ClN2O5P/c1-3-25-28(23,26-4-2)19-18(21-13-16-6-5-11-24-16)27-17(22-19)12-14-7-9-15(20)10-8-14/h5-11,21H,3-4,12-13H2,1-2H3. The molecule has 0 fully saturated rings. The molecule has 3 rings (SSSR count). The number of aromatic nitrogens is 1. The van der Waals surface area contributed by atoms with Gasteiger partial charge in [0, 0.05) is 11.4 Å². The summed E-state index contributed by atoms with van der Waals surface area (Å²) < 4.78 is 35.3. The van der Waals surface area contributed by atoms with Crippen LogP contribution in [0.1, 0.15) is 31.1 Å². The topological polar surface area (TPSA) is 86.7 Å². The predicted octanol–water partition coefficient (Wildman–Crippen LogP) is 5.02. The van der Waals surface area contributed by atoms with Gasteiger partial charge in [0.2, 0.25) is 17.2 Å². The molecule has 3 aromatic rings. The number of nitrogens with zero attached hydrogens (tertiary/aromatic N) is 1. The molecule has 0 aliphatic rings. The summed E-state index contributed by atoms with van der Waals surface area (Å²) in [7, 11) is -3.63. The second kappa shape index (κ2) is 9.43. The molecule has 7 nitrogen and oxygen atoms in total. The molecular weight excluding hydrogens is 403 g/mol. The Labute approximate surface area is 168 Å². The molecule has 0 saturated heterocycles. The highest BCUT2D eigenvalue weighted by Crippen LogP contribution is 2.48. The highest BCUT2D eigenvalue weighted by Gasteiger charge is 2.35. The minimum Gasteiger partial charge on any atom is -0.467 e. The minimum atomic E-state index is -3.63. The Morgan fingerprint density at radius 3 is 2.46 bits per heavy atom. The van der Waals surface area contributed by atoms with Gasteiger partial charge in [-0.3, -0.25) is 4.57 Å². The molecule has 0 bridgehead atoms. The second-order valence-corrected chi connectivity index (χ2v) is 8.20. The summed E-state index contributed by atoms with van der Waals surface area (Å²) in [5.74, 6) is 1.33. The van der Waals surface area contributed by atoms with Crippen molar-refractivity contribution in [2.24, 2.45) is 0 Å². The number of rotatable bonds is 10. The zero-order valence-corrected chi connectivity index (χ0v) is 17.3. The number of halogens is 1. The minimum absolute atomic E-state index is 0.131. The molecule has 28 heavy (non-hydrogen) atoms. The number of hydrogen-bond donors (Lipinski definition) is 1. The first kappa shape index (κ1) is 20.7. The number of nitrogens with one attached hydrogen (secondary N) is 1. The molecule has 0 saturated carbocycles. The molecule has 0 aliphatic heterocycles. The first-order chi connectivity index (χ1) is 13.5. The van der Waals surface area contributed by atoms with Crippen LogP contribution in [0, 0.1) is 0 Å². The summed E-state index contributed by atoms with van der Waals surface area (Å²) >= 11 is 5.94. The van der Waals surface area contributed by atoms with Crippen molar-refractivity contribution in [3.8, 4) is 0 Å². The van der Waals surface area contributed by atoms with Gasteiger partial charge >= 0.3 is 7.60 Å². The van der Waals surface area contributed by atoms with Crippen molar-refractivity contribution < 1.29 is 22.4 Å². The molecule has 0 unspecified atom stereocenters. The van der Waals surface area contributed by atoms with Crippen molar-refractivity contribution in [3.05, 3.63) is 64.9 Å². The Kier molecular flexibility index (Phi) is 6.97. The van der Waals surface area contributed by atoms with Crippen molar-refractivity contribution in [2.45, 2.75) is 26.8 Å². The van der Waals surface area contributed by atoms with E-state index in [-0.39, 0.29) is 24.5 Å². The smallest absolute Gasteiger partial charge is 0.385 e. The molecule has 0 radical (unpaired) electrons. The van der Waals surface area contributed by atoms with Crippen LogP contribution in [0.15, 0.2) is 51.5 Å². The van der Waals surface area contributed by atoms with E-state index < -0.39 is 7.60 Å². The zero-order valence-electron chi connectivity index (χ0n) is 15.7. The van der Waals surface area contributed by atoms with Gasteiger partial charge in [-0.05, 0) is 43.7 Å². The van der Waals surface area contributed by atoms with Crippen LogP contribution in [0.25, 0.3) is 0 Å². The van der Waals surface area contributed by atoms with E-state index in [9.17, 15) is 4.57 Å². The Morgan fingerprint density at radius 2 is 1.86 bits per heavy atom. The van der Waals surface area contributed by atoms with E-state index in [0.29, 0.717) is 29.6 Å². The Hall–Kier alpha value is -2.05. The molecule has 0 aliphatic carbocycles. The maximum atomic E-state index is 13.3. The third kappa shape index (κ3) is 5.06. The van der Waals surface area contributed by atoms with Crippen LogP contribution in [0.5, 0.6) is 0 Å². The van der Waals surface area contributed by atoms with E-state index in [4.69, 9.17) is 29.5 Å². The van der Waals surface area contributed by atoms with Gasteiger partial charge in [0.05, 0.1) is 26.0 Å². The quantitative estimate of drug-likeness (QED) is 0.457. The van der Waals surface area contributed by atoms with Gasteiger partial charge in [0.15, 0.2) is 0 Å². The van der Waals surface area contributed by atoms with Crippen LogP contribution >= 0.6 is 19.2 Å². The Morgan fingerprint density at radius 1 is 1.14 bits per heavy atom. The van der Waals surface area contributed by atoms with E-state index >= 15 is 0 Å². The maximum absolute atomic E-state index is 13.3. The van der Waals surface area contributed by atoms with Gasteiger partial charge in [-0.1, -0.05) is 23.7 Å². The average molecular weight is 425 g/mol. The summed E-state index contributed by atoms with van der Waals surface area (Å²) in [6, 6.07) is 11.0. The molecule has 0 spiro atoms. The molecule has 1 N–H and O–H groups in total. The van der Waals surface area contributed by atoms with Crippen LogP contribution in [0.2, 0.25) is 5.02 Å². The number of anilines is 1. The van der Waals surface area contributed by atoms with Gasteiger partial charge in [-0.15, -0.1) is 0 Å². The van der Waals surface area contributed by atoms with E-state index in [2.05, 4.69) is 10.3 Å². The van der Waals surface area contributed by atoms with Crippen molar-refractivity contribution in [3.63, 3.8) is 0 Å². The van der Waals surface area contributed by atoms with Crippen LogP contribution in [-0.4, -0.2) is 18.2 Å². The summed E-state index contributed by atoms with van der Waals surface area (Å²) in [5.41, 5.74) is 1.09. The molecule has 2 aromatic heterocycles. The Balaban J connectivity index is 1.90. The fourth-order valence-corrected chi connectivity index (χ4v) is 4.32. The molecule has 0 amide bonds. The second-order valence-electron chi connectivity index (χ2n) is 5.83. The Bertz CT molecular complexity index is 914. The summed E-state index contributed by atoms with van der Waals surface area (Å²) in [6.45, 7) is 4.27. The van der Waals surface area contributed by atoms with Crippen LogP contribution in [0.4, 0.5) is 5.88 Å². The predicted molar refractivity (Wildman–Crippen MR) is 107 cm³/mol. The van der Waals surface area contributed by atoms with Gasteiger partial charge in [0.1, 0.15) is 5.76 Å². The highest BCUT2D eigenvalue weighted by atomic mass is 35.5. The van der Waals surface area contributed by atoms with Crippen molar-refractivity contribution in [1.29, 1.82) is 0 Å². The van der Waals surface area contributed by atoms with Gasteiger partial charge in [-0.2, -0.15) is 0 Å². The molecule has 2 heterocycles. The third-order valence-corrected chi connectivity index (χ3v) is 6.05. The van der Waals surface area contributed by atoms with Crippen molar-refractivity contribution in [1.82, 2.24) is 4.98 Å². The van der Waals surface area contributed by atoms with E-state index in [1.54, 1.807) is 38.3 Å². The molecule has 150 valence electrons. The van der Waals surface area contributed by atoms with Crippen LogP contribution in [0.3, 0.4) is 0 Å². The van der Waals surface area contributed by atoms with E-state index in [0.717, 1.165) is 5.56 Å². The number of furan rings is 1. The van der Waals surface area contributed by atoms with Gasteiger partial charge in [0.25, 0.3) is 0 Å². The number of oxazole rings is 1. The maximum Gasteiger partial charge on any atom is 0.385 e. The lowest BCUT2D eigenvalue weighted by molar-refractivity contribution is 0.229. The largest absolute Gasteiger partial charge is 0.467 e. The normalized spacial score (nSPS) is 11.7. The highest BCUT2D eigenvalue weighted by molar-refractivity contribution is 7.62. The lowest BCUT2D eigenvalue weighted by Gasteiger charge is -2.15. The fourth-order valence-electron chi connectivity index (χ4n) is 2.59. The molecule has 1 aromatic carbocycles. The lowest BCUT2D eigenvalue weighted by atomic mass is 10.1. The van der Waals surface area contributed by atoms with Crippen LogP contribution in [-0.2, 0) is 26.6 Å². The number of benzene rings is 1. The number of hydrogen-bond acceptors (Lipinski definition) is 7. The molecule has 9 heteroatoms. The summed E-state index contributed by atoms with van der Waals surface area (Å²) in [4.78, 5) is 4.43. The van der Waals surface area contributed by atoms with E-state index in [1.807, 2.05) is 18.2 Å². The first-order valence-electron chi connectivity index (χ1n) is 8.94. The van der Waals surface area contributed by atoms with Gasteiger partial charge < -0.3 is 23.2 Å². The zero-order chi connectivity index (χ0) is 20.0. The van der Waals surface area contributed by atoms with E-state index in [1.165, 1.54) is 0 Å². The first-order valence-corrected chi connectivity index (χ1v) is 10.9. The summed E-state index contributed by atoms with van der Waals surface area (Å²) in [6.07, 6.45) is 1.99. The monoisotopic (exact) mass is 424 g/mol. The molecule has 0 atom stereocenters. The van der Waals surface area contributed by atoms with Gasteiger partial charge in [-0.25, -0.2) is 4.98 Å². The SMILES string of the molecule is CCOP(=O)(OCC)c1nc(Cc2ccc(Cl)cc2)oc1NCc1ccco1. The summed E-state index contributed by atoms with van der Waals surface area (Å²) in [5, 5.41) is 3.73. The van der Waals surface area contributed by atoms with Crippen molar-refractivity contribution >= 4 is 30.5 Å². The molecular formula is C19H22ClN2O5P. The van der Waals surface area contributed by atoms with Crippen molar-refractivity contribution in [2.75, 3.05) is 18.5 Å². The average Bonchev–Trinajstić information content (AvgIpc) is 3.32. The third-order valence-electron chi connectivity index (χ3n) is 3.78.